The SMILES string of the molecule is CS(=O)(=O)N1CCC(NS(=O)(=O)c2cccc3nonc23)CC1. The Morgan fingerprint density at radius 1 is 1.17 bits per heavy atom. The van der Waals surface area contributed by atoms with Gasteiger partial charge >= 0.3 is 0 Å². The highest BCUT2D eigenvalue weighted by Gasteiger charge is 2.29. The van der Waals surface area contributed by atoms with E-state index in [0.29, 0.717) is 31.4 Å². The Labute approximate surface area is 133 Å². The van der Waals surface area contributed by atoms with Gasteiger partial charge in [-0.1, -0.05) is 6.07 Å². The van der Waals surface area contributed by atoms with E-state index in [1.165, 1.54) is 10.4 Å². The number of fused-ring (bicyclic) bond motifs is 1. The third kappa shape index (κ3) is 3.37. The van der Waals surface area contributed by atoms with E-state index in [9.17, 15) is 16.8 Å². The van der Waals surface area contributed by atoms with E-state index in [2.05, 4.69) is 19.7 Å². The lowest BCUT2D eigenvalue weighted by molar-refractivity contribution is 0.310. The molecular weight excluding hydrogens is 344 g/mol. The molecule has 126 valence electrons. The lowest BCUT2D eigenvalue weighted by Gasteiger charge is -2.30. The van der Waals surface area contributed by atoms with Crippen molar-refractivity contribution < 1.29 is 21.5 Å². The van der Waals surface area contributed by atoms with Crippen molar-refractivity contribution in [2.75, 3.05) is 19.3 Å². The second-order valence-corrected chi connectivity index (χ2v) is 9.11. The fourth-order valence-corrected chi connectivity index (χ4v) is 4.92. The summed E-state index contributed by atoms with van der Waals surface area (Å²) < 4.78 is 56.6. The quantitative estimate of drug-likeness (QED) is 0.809. The molecule has 2 heterocycles. The van der Waals surface area contributed by atoms with Crippen molar-refractivity contribution in [1.82, 2.24) is 19.3 Å². The van der Waals surface area contributed by atoms with Crippen molar-refractivity contribution in [3.8, 4) is 0 Å². The summed E-state index contributed by atoms with van der Waals surface area (Å²) in [6, 6.07) is 4.27. The summed E-state index contributed by atoms with van der Waals surface area (Å²) in [4.78, 5) is 0.00166. The van der Waals surface area contributed by atoms with Crippen molar-refractivity contribution in [3.05, 3.63) is 18.2 Å². The first-order chi connectivity index (χ1) is 10.8. The summed E-state index contributed by atoms with van der Waals surface area (Å²) in [5.74, 6) is 0. The van der Waals surface area contributed by atoms with Crippen molar-refractivity contribution in [3.63, 3.8) is 0 Å². The van der Waals surface area contributed by atoms with Crippen molar-refractivity contribution in [2.24, 2.45) is 0 Å². The number of hydrogen-bond acceptors (Lipinski definition) is 7. The van der Waals surface area contributed by atoms with E-state index < -0.39 is 20.0 Å². The normalized spacial score (nSPS) is 18.5. The van der Waals surface area contributed by atoms with Gasteiger partial charge in [0.2, 0.25) is 20.0 Å². The highest BCUT2D eigenvalue weighted by atomic mass is 32.2. The van der Waals surface area contributed by atoms with Crippen LogP contribution in [0.1, 0.15) is 12.8 Å². The van der Waals surface area contributed by atoms with Gasteiger partial charge in [0.15, 0.2) is 5.52 Å². The molecule has 1 saturated heterocycles. The molecule has 0 amide bonds. The average molecular weight is 360 g/mol. The standard InChI is InChI=1S/C12H16N4O5S2/c1-22(17,18)16-7-5-9(6-8-16)15-23(19,20)11-4-2-3-10-12(11)14-21-13-10/h2-4,9,15H,5-8H2,1H3. The highest BCUT2D eigenvalue weighted by Crippen LogP contribution is 2.21. The number of nitrogens with zero attached hydrogens (tertiary/aromatic N) is 3. The maximum absolute atomic E-state index is 12.5. The first-order valence-electron chi connectivity index (χ1n) is 6.96. The van der Waals surface area contributed by atoms with Crippen LogP contribution in [0.15, 0.2) is 27.7 Å². The largest absolute Gasteiger partial charge is 0.243 e. The maximum atomic E-state index is 12.5. The number of piperidine rings is 1. The first kappa shape index (κ1) is 16.3. The zero-order valence-corrected chi connectivity index (χ0v) is 14.0. The van der Waals surface area contributed by atoms with Gasteiger partial charge in [-0.05, 0) is 35.3 Å². The van der Waals surface area contributed by atoms with E-state index in [4.69, 9.17) is 0 Å². The molecule has 1 aromatic heterocycles. The molecule has 9 nitrogen and oxygen atoms in total. The van der Waals surface area contributed by atoms with E-state index in [-0.39, 0.29) is 16.5 Å². The first-order valence-corrected chi connectivity index (χ1v) is 10.3. The van der Waals surface area contributed by atoms with Crippen LogP contribution in [0.2, 0.25) is 0 Å². The van der Waals surface area contributed by atoms with Gasteiger partial charge in [0, 0.05) is 19.1 Å². The molecule has 0 radical (unpaired) electrons. The number of sulfonamides is 2. The second kappa shape index (κ2) is 5.82. The maximum Gasteiger partial charge on any atom is 0.243 e. The number of benzene rings is 1. The van der Waals surface area contributed by atoms with Crippen LogP contribution in [0.4, 0.5) is 0 Å². The fraction of sp³-hybridized carbons (Fsp3) is 0.500. The lowest BCUT2D eigenvalue weighted by Crippen LogP contribution is -2.46. The molecule has 1 aliphatic rings. The zero-order valence-electron chi connectivity index (χ0n) is 12.3. The Balaban J connectivity index is 1.77. The van der Waals surface area contributed by atoms with Crippen LogP contribution < -0.4 is 4.72 Å². The summed E-state index contributed by atoms with van der Waals surface area (Å²) in [5.41, 5.74) is 0.536. The molecule has 1 aliphatic heterocycles. The highest BCUT2D eigenvalue weighted by molar-refractivity contribution is 7.89. The Morgan fingerprint density at radius 3 is 2.52 bits per heavy atom. The Bertz CT molecular complexity index is 914. The lowest BCUT2D eigenvalue weighted by atomic mass is 10.1. The molecule has 23 heavy (non-hydrogen) atoms. The Kier molecular flexibility index (Phi) is 4.12. The molecule has 11 heteroatoms. The minimum absolute atomic E-state index is 0.00166. The van der Waals surface area contributed by atoms with Crippen LogP contribution in [0.5, 0.6) is 0 Å². The molecule has 0 saturated carbocycles. The van der Waals surface area contributed by atoms with Crippen LogP contribution in [-0.4, -0.2) is 56.8 Å². The predicted molar refractivity (Wildman–Crippen MR) is 81.6 cm³/mol. The van der Waals surface area contributed by atoms with Crippen molar-refractivity contribution in [2.45, 2.75) is 23.8 Å². The topological polar surface area (TPSA) is 122 Å². The third-order valence-electron chi connectivity index (χ3n) is 3.78. The van der Waals surface area contributed by atoms with Gasteiger partial charge in [-0.25, -0.2) is 30.5 Å². The van der Waals surface area contributed by atoms with Crippen LogP contribution in [0.25, 0.3) is 11.0 Å². The fourth-order valence-electron chi connectivity index (χ4n) is 2.59. The van der Waals surface area contributed by atoms with Gasteiger partial charge in [0.1, 0.15) is 10.4 Å². The molecule has 0 spiro atoms. The van der Waals surface area contributed by atoms with Crippen molar-refractivity contribution in [1.29, 1.82) is 0 Å². The number of aromatic nitrogens is 2. The molecule has 3 rings (SSSR count). The summed E-state index contributed by atoms with van der Waals surface area (Å²) in [6.07, 6.45) is 1.98. The third-order valence-corrected chi connectivity index (χ3v) is 6.64. The molecule has 0 unspecified atom stereocenters. The molecule has 0 atom stereocenters. The molecule has 2 aromatic rings. The summed E-state index contributed by atoms with van der Waals surface area (Å²) in [5, 5.41) is 7.25. The smallest absolute Gasteiger partial charge is 0.243 e. The monoisotopic (exact) mass is 360 g/mol. The minimum Gasteiger partial charge on any atom is -0.243 e. The van der Waals surface area contributed by atoms with Gasteiger partial charge in [-0.15, -0.1) is 0 Å². The zero-order chi connectivity index (χ0) is 16.7. The molecule has 0 bridgehead atoms. The summed E-state index contributed by atoms with van der Waals surface area (Å²) in [7, 11) is -7.03. The van der Waals surface area contributed by atoms with Gasteiger partial charge in [0.25, 0.3) is 0 Å². The summed E-state index contributed by atoms with van der Waals surface area (Å²) in [6.45, 7) is 0.587. The van der Waals surface area contributed by atoms with E-state index in [1.807, 2.05) is 0 Å². The van der Waals surface area contributed by atoms with Gasteiger partial charge in [-0.3, -0.25) is 0 Å². The van der Waals surface area contributed by atoms with Gasteiger partial charge < -0.3 is 0 Å². The molecule has 0 aliphatic carbocycles. The summed E-state index contributed by atoms with van der Waals surface area (Å²) >= 11 is 0. The van der Waals surface area contributed by atoms with Crippen LogP contribution >= 0.6 is 0 Å². The van der Waals surface area contributed by atoms with Crippen LogP contribution in [-0.2, 0) is 20.0 Å². The minimum atomic E-state index is -3.79. The Hall–Kier alpha value is -1.56. The van der Waals surface area contributed by atoms with Crippen molar-refractivity contribution >= 4 is 31.1 Å². The number of nitrogens with one attached hydrogen (secondary N) is 1. The molecule has 1 aromatic carbocycles. The van der Waals surface area contributed by atoms with E-state index in [1.54, 1.807) is 12.1 Å². The molecule has 1 fully saturated rings. The van der Waals surface area contributed by atoms with Crippen LogP contribution in [0.3, 0.4) is 0 Å². The molecule has 1 N–H and O–H groups in total. The average Bonchev–Trinajstić information content (AvgIpc) is 2.94. The number of rotatable bonds is 4. The number of hydrogen-bond donors (Lipinski definition) is 1. The Morgan fingerprint density at radius 2 is 1.87 bits per heavy atom. The second-order valence-electron chi connectivity index (χ2n) is 5.45. The van der Waals surface area contributed by atoms with E-state index in [0.717, 1.165) is 6.26 Å². The van der Waals surface area contributed by atoms with Gasteiger partial charge in [0.05, 0.1) is 6.26 Å². The molecular formula is C12H16N4O5S2. The van der Waals surface area contributed by atoms with Crippen LogP contribution in [0, 0.1) is 0 Å². The van der Waals surface area contributed by atoms with E-state index >= 15 is 0 Å². The van der Waals surface area contributed by atoms with Gasteiger partial charge in [-0.2, -0.15) is 0 Å². The predicted octanol–water partition coefficient (Wildman–Crippen LogP) is -0.0749.